The van der Waals surface area contributed by atoms with Gasteiger partial charge in [0.25, 0.3) is 0 Å². The maximum absolute atomic E-state index is 5.27. The average molecular weight is 377 g/mol. The molecule has 122 valence electrons. The van der Waals surface area contributed by atoms with Crippen LogP contribution >= 0.6 is 15.9 Å². The minimum atomic E-state index is 0.755. The third-order valence-corrected chi connectivity index (χ3v) is 5.31. The van der Waals surface area contributed by atoms with Crippen LogP contribution in [0.3, 0.4) is 0 Å². The van der Waals surface area contributed by atoms with Crippen molar-refractivity contribution < 1.29 is 4.74 Å². The third-order valence-electron chi connectivity index (χ3n) is 4.67. The summed E-state index contributed by atoms with van der Waals surface area (Å²) in [6.45, 7) is 7.53. The van der Waals surface area contributed by atoms with Crippen molar-refractivity contribution in [3.63, 3.8) is 0 Å². The van der Waals surface area contributed by atoms with E-state index in [-0.39, 0.29) is 0 Å². The Labute approximate surface area is 145 Å². The second-order valence-electron chi connectivity index (χ2n) is 6.30. The first-order valence-corrected chi connectivity index (χ1v) is 8.92. The molecule has 2 aliphatic heterocycles. The fourth-order valence-electron chi connectivity index (χ4n) is 3.25. The molecule has 5 nitrogen and oxygen atoms in total. The van der Waals surface area contributed by atoms with Crippen molar-refractivity contribution in [1.82, 2.24) is 14.5 Å². The lowest BCUT2D eigenvalue weighted by molar-refractivity contribution is -0.0468. The Morgan fingerprint density at radius 2 is 2.00 bits per heavy atom. The van der Waals surface area contributed by atoms with Gasteiger partial charge in [0.2, 0.25) is 0 Å². The number of nitrogens with zero attached hydrogens (tertiary/aromatic N) is 4. The van der Waals surface area contributed by atoms with Gasteiger partial charge >= 0.3 is 0 Å². The quantitative estimate of drug-likeness (QED) is 0.820. The van der Waals surface area contributed by atoms with Crippen LogP contribution in [0.15, 0.2) is 41.4 Å². The first kappa shape index (κ1) is 15.2. The molecular formula is C17H21BrN4O. The largest absolute Gasteiger partial charge is 0.381 e. The van der Waals surface area contributed by atoms with Gasteiger partial charge in [-0.1, -0.05) is 0 Å². The van der Waals surface area contributed by atoms with Gasteiger partial charge in [-0.25, -0.2) is 4.98 Å². The van der Waals surface area contributed by atoms with Gasteiger partial charge in [-0.2, -0.15) is 0 Å². The highest BCUT2D eigenvalue weighted by Crippen LogP contribution is 2.27. The molecule has 0 bridgehead atoms. The summed E-state index contributed by atoms with van der Waals surface area (Å²) in [5.74, 6) is 0.755. The lowest BCUT2D eigenvalue weighted by atomic mass is 10.1. The molecule has 0 unspecified atom stereocenters. The molecular weight excluding hydrogens is 356 g/mol. The SMILES string of the molecule is Brc1cc(N2CCN(CC3COC3)CC2)ccc1-n1ccnc1. The summed E-state index contributed by atoms with van der Waals surface area (Å²) in [5.41, 5.74) is 2.40. The van der Waals surface area contributed by atoms with Crippen LogP contribution in [0.5, 0.6) is 0 Å². The lowest BCUT2D eigenvalue weighted by Crippen LogP contribution is -2.50. The Morgan fingerprint density at radius 1 is 1.17 bits per heavy atom. The zero-order valence-corrected chi connectivity index (χ0v) is 14.7. The normalized spacial score (nSPS) is 19.8. The van der Waals surface area contributed by atoms with Crippen molar-refractivity contribution in [2.24, 2.45) is 5.92 Å². The summed E-state index contributed by atoms with van der Waals surface area (Å²) in [6.07, 6.45) is 5.58. The molecule has 0 spiro atoms. The summed E-state index contributed by atoms with van der Waals surface area (Å²) >= 11 is 3.70. The molecule has 3 heterocycles. The van der Waals surface area contributed by atoms with E-state index in [0.717, 1.165) is 55.5 Å². The molecule has 0 saturated carbocycles. The highest BCUT2D eigenvalue weighted by molar-refractivity contribution is 9.10. The standard InChI is InChI=1S/C17H21BrN4O/c18-16-9-15(1-2-17(16)22-4-3-19-13-22)21-7-5-20(6-8-21)10-14-11-23-12-14/h1-4,9,13-14H,5-8,10-12H2. The van der Waals surface area contributed by atoms with Crippen molar-refractivity contribution in [3.8, 4) is 5.69 Å². The minimum Gasteiger partial charge on any atom is -0.381 e. The molecule has 1 aromatic carbocycles. The molecule has 0 aliphatic carbocycles. The Hall–Kier alpha value is -1.37. The van der Waals surface area contributed by atoms with Crippen molar-refractivity contribution in [1.29, 1.82) is 0 Å². The third kappa shape index (κ3) is 3.29. The van der Waals surface area contributed by atoms with Crippen LogP contribution in [0.4, 0.5) is 5.69 Å². The van der Waals surface area contributed by atoms with Gasteiger partial charge in [-0.15, -0.1) is 0 Å². The zero-order valence-electron chi connectivity index (χ0n) is 13.1. The Balaban J connectivity index is 1.40. The predicted octanol–water partition coefficient (Wildman–Crippen LogP) is 2.40. The van der Waals surface area contributed by atoms with Gasteiger partial charge in [0, 0.05) is 61.2 Å². The van der Waals surface area contributed by atoms with E-state index < -0.39 is 0 Å². The highest BCUT2D eigenvalue weighted by Gasteiger charge is 2.24. The van der Waals surface area contributed by atoms with Crippen molar-refractivity contribution >= 4 is 21.6 Å². The number of ether oxygens (including phenoxy) is 1. The van der Waals surface area contributed by atoms with E-state index >= 15 is 0 Å². The summed E-state index contributed by atoms with van der Waals surface area (Å²) in [6, 6.07) is 6.57. The summed E-state index contributed by atoms with van der Waals surface area (Å²) in [4.78, 5) is 9.15. The molecule has 1 aromatic heterocycles. The molecule has 2 fully saturated rings. The van der Waals surface area contributed by atoms with Crippen molar-refractivity contribution in [3.05, 3.63) is 41.4 Å². The van der Waals surface area contributed by atoms with Crippen LogP contribution in [0, 0.1) is 5.92 Å². The second-order valence-corrected chi connectivity index (χ2v) is 7.15. The van der Waals surface area contributed by atoms with E-state index in [1.54, 1.807) is 6.20 Å². The smallest absolute Gasteiger partial charge is 0.0992 e. The molecule has 0 radical (unpaired) electrons. The molecule has 2 saturated heterocycles. The first-order chi connectivity index (χ1) is 11.3. The van der Waals surface area contributed by atoms with Gasteiger partial charge in [-0.05, 0) is 34.1 Å². The molecule has 0 atom stereocenters. The van der Waals surface area contributed by atoms with Crippen LogP contribution in [0.2, 0.25) is 0 Å². The lowest BCUT2D eigenvalue weighted by Gasteiger charge is -2.39. The van der Waals surface area contributed by atoms with E-state index in [0.29, 0.717) is 0 Å². The topological polar surface area (TPSA) is 33.5 Å². The number of piperazine rings is 1. The number of hydrogen-bond donors (Lipinski definition) is 0. The number of benzene rings is 1. The summed E-state index contributed by atoms with van der Waals surface area (Å²) < 4.78 is 8.39. The van der Waals surface area contributed by atoms with Crippen LogP contribution < -0.4 is 4.90 Å². The monoisotopic (exact) mass is 376 g/mol. The molecule has 4 rings (SSSR count). The molecule has 2 aromatic rings. The molecule has 2 aliphatic rings. The second kappa shape index (κ2) is 6.63. The van der Waals surface area contributed by atoms with Crippen molar-refractivity contribution in [2.75, 3.05) is 50.8 Å². The first-order valence-electron chi connectivity index (χ1n) is 8.12. The fourth-order valence-corrected chi connectivity index (χ4v) is 3.82. The summed E-state index contributed by atoms with van der Waals surface area (Å²) in [7, 11) is 0. The molecule has 0 N–H and O–H groups in total. The van der Waals surface area contributed by atoms with E-state index in [4.69, 9.17) is 4.74 Å². The van der Waals surface area contributed by atoms with E-state index in [9.17, 15) is 0 Å². The van der Waals surface area contributed by atoms with E-state index in [1.807, 2.05) is 17.1 Å². The Bertz CT molecular complexity index is 649. The number of imidazole rings is 1. The Morgan fingerprint density at radius 3 is 2.61 bits per heavy atom. The molecule has 23 heavy (non-hydrogen) atoms. The number of hydrogen-bond acceptors (Lipinski definition) is 4. The van der Waals surface area contributed by atoms with E-state index in [2.05, 4.69) is 48.9 Å². The number of anilines is 1. The minimum absolute atomic E-state index is 0.755. The fraction of sp³-hybridized carbons (Fsp3) is 0.471. The highest BCUT2D eigenvalue weighted by atomic mass is 79.9. The predicted molar refractivity (Wildman–Crippen MR) is 94.2 cm³/mol. The van der Waals surface area contributed by atoms with Crippen LogP contribution in [0.25, 0.3) is 5.69 Å². The van der Waals surface area contributed by atoms with Crippen LogP contribution in [-0.4, -0.2) is 60.4 Å². The number of aromatic nitrogens is 2. The van der Waals surface area contributed by atoms with E-state index in [1.165, 1.54) is 12.2 Å². The van der Waals surface area contributed by atoms with Gasteiger partial charge in [0.15, 0.2) is 0 Å². The van der Waals surface area contributed by atoms with Crippen LogP contribution in [-0.2, 0) is 4.74 Å². The average Bonchev–Trinajstić information content (AvgIpc) is 3.05. The Kier molecular flexibility index (Phi) is 4.37. The number of halogens is 1. The van der Waals surface area contributed by atoms with Crippen LogP contribution in [0.1, 0.15) is 0 Å². The van der Waals surface area contributed by atoms with Gasteiger partial charge < -0.3 is 14.2 Å². The van der Waals surface area contributed by atoms with Gasteiger partial charge in [0.05, 0.1) is 25.2 Å². The molecule has 0 amide bonds. The molecule has 6 heteroatoms. The van der Waals surface area contributed by atoms with Gasteiger partial charge in [-0.3, -0.25) is 4.90 Å². The van der Waals surface area contributed by atoms with Crippen molar-refractivity contribution in [2.45, 2.75) is 0 Å². The zero-order chi connectivity index (χ0) is 15.6. The maximum atomic E-state index is 5.27. The number of rotatable bonds is 4. The summed E-state index contributed by atoms with van der Waals surface area (Å²) in [5, 5.41) is 0. The maximum Gasteiger partial charge on any atom is 0.0992 e. The van der Waals surface area contributed by atoms with Gasteiger partial charge in [0.1, 0.15) is 0 Å².